The fourth-order valence-corrected chi connectivity index (χ4v) is 1.94. The molecule has 2 N–H and O–H groups in total. The molecule has 92 valence electrons. The number of hydrogen-bond donors (Lipinski definition) is 2. The number of halogens is 1. The number of rotatable bonds is 3. The number of carbonyl (C=O) groups is 1. The number of benzene rings is 2. The van der Waals surface area contributed by atoms with Crippen LogP contribution in [0.4, 0.5) is 11.4 Å². The Labute approximate surface area is 119 Å². The van der Waals surface area contributed by atoms with Crippen LogP contribution >= 0.6 is 22.6 Å². The second kappa shape index (κ2) is 5.39. The Kier molecular flexibility index (Phi) is 3.86. The second-order valence-corrected chi connectivity index (χ2v) is 5.21. The van der Waals surface area contributed by atoms with Crippen LogP contribution in [0.25, 0.3) is 0 Å². The van der Waals surface area contributed by atoms with Crippen molar-refractivity contribution < 1.29 is 9.90 Å². The molecule has 0 aliphatic carbocycles. The summed E-state index contributed by atoms with van der Waals surface area (Å²) in [6.45, 7) is 1.95. The van der Waals surface area contributed by atoms with E-state index >= 15 is 0 Å². The van der Waals surface area contributed by atoms with Gasteiger partial charge in [-0.2, -0.15) is 0 Å². The number of aryl methyl sites for hydroxylation is 1. The van der Waals surface area contributed by atoms with Crippen LogP contribution in [-0.4, -0.2) is 11.1 Å². The fourth-order valence-electron chi connectivity index (χ4n) is 1.58. The van der Waals surface area contributed by atoms with Gasteiger partial charge in [0.2, 0.25) is 0 Å². The fraction of sp³-hybridized carbons (Fsp3) is 0.0714. The molecule has 0 heterocycles. The number of nitrogens with one attached hydrogen (secondary N) is 1. The van der Waals surface area contributed by atoms with Crippen molar-refractivity contribution in [2.45, 2.75) is 6.92 Å². The first-order chi connectivity index (χ1) is 8.56. The third kappa shape index (κ3) is 3.01. The zero-order valence-corrected chi connectivity index (χ0v) is 11.9. The average Bonchev–Trinajstić information content (AvgIpc) is 2.34. The maximum absolute atomic E-state index is 10.9. The van der Waals surface area contributed by atoms with Crippen molar-refractivity contribution in [2.75, 3.05) is 5.32 Å². The number of carboxylic acids is 1. The first kappa shape index (κ1) is 12.9. The van der Waals surface area contributed by atoms with Gasteiger partial charge >= 0.3 is 5.97 Å². The molecule has 0 saturated heterocycles. The van der Waals surface area contributed by atoms with Crippen LogP contribution in [-0.2, 0) is 0 Å². The molecule has 0 unspecified atom stereocenters. The van der Waals surface area contributed by atoms with Gasteiger partial charge in [0.15, 0.2) is 0 Å². The van der Waals surface area contributed by atoms with Gasteiger partial charge in [-0.3, -0.25) is 0 Å². The van der Waals surface area contributed by atoms with E-state index in [2.05, 4.69) is 27.9 Å². The first-order valence-electron chi connectivity index (χ1n) is 5.43. The minimum absolute atomic E-state index is 0.286. The Morgan fingerprint density at radius 3 is 2.44 bits per heavy atom. The predicted molar refractivity (Wildman–Crippen MR) is 80.6 cm³/mol. The lowest BCUT2D eigenvalue weighted by Crippen LogP contribution is -1.99. The van der Waals surface area contributed by atoms with Crippen molar-refractivity contribution in [2.24, 2.45) is 0 Å². The van der Waals surface area contributed by atoms with Gasteiger partial charge in [-0.05, 0) is 71.5 Å². The van der Waals surface area contributed by atoms with Crippen LogP contribution in [0.1, 0.15) is 15.9 Å². The second-order valence-electron chi connectivity index (χ2n) is 3.97. The van der Waals surface area contributed by atoms with Crippen LogP contribution in [0.5, 0.6) is 0 Å². The van der Waals surface area contributed by atoms with Gasteiger partial charge in [-0.1, -0.05) is 6.07 Å². The molecule has 0 aliphatic heterocycles. The van der Waals surface area contributed by atoms with Crippen LogP contribution in [0, 0.1) is 10.5 Å². The SMILES string of the molecule is Cc1ccc(C(=O)O)cc1Nc1ccc(I)cc1. The summed E-state index contributed by atoms with van der Waals surface area (Å²) >= 11 is 2.24. The molecule has 0 bridgehead atoms. The standard InChI is InChI=1S/C14H12INO2/c1-9-2-3-10(14(17)18)8-13(9)16-12-6-4-11(15)5-7-12/h2-8,16H,1H3,(H,17,18). The molecule has 2 aromatic carbocycles. The molecular formula is C14H12INO2. The molecule has 0 aliphatic rings. The quantitative estimate of drug-likeness (QED) is 0.819. The van der Waals surface area contributed by atoms with E-state index in [0.717, 1.165) is 20.5 Å². The Morgan fingerprint density at radius 1 is 1.17 bits per heavy atom. The lowest BCUT2D eigenvalue weighted by atomic mass is 10.1. The zero-order valence-electron chi connectivity index (χ0n) is 9.77. The maximum Gasteiger partial charge on any atom is 0.335 e. The van der Waals surface area contributed by atoms with E-state index in [1.54, 1.807) is 18.2 Å². The van der Waals surface area contributed by atoms with Crippen molar-refractivity contribution >= 4 is 39.9 Å². The van der Waals surface area contributed by atoms with Crippen molar-refractivity contribution in [1.82, 2.24) is 0 Å². The highest BCUT2D eigenvalue weighted by Gasteiger charge is 2.06. The maximum atomic E-state index is 10.9. The van der Waals surface area contributed by atoms with E-state index < -0.39 is 5.97 Å². The van der Waals surface area contributed by atoms with Gasteiger partial charge in [0.25, 0.3) is 0 Å². The smallest absolute Gasteiger partial charge is 0.335 e. The Balaban J connectivity index is 2.30. The largest absolute Gasteiger partial charge is 0.478 e. The molecule has 2 aromatic rings. The Morgan fingerprint density at radius 2 is 1.83 bits per heavy atom. The zero-order chi connectivity index (χ0) is 13.1. The summed E-state index contributed by atoms with van der Waals surface area (Å²) in [7, 11) is 0. The number of hydrogen-bond acceptors (Lipinski definition) is 2. The Bertz CT molecular complexity index is 579. The molecule has 0 spiro atoms. The van der Waals surface area contributed by atoms with E-state index in [4.69, 9.17) is 5.11 Å². The summed E-state index contributed by atoms with van der Waals surface area (Å²) in [6.07, 6.45) is 0. The molecule has 0 amide bonds. The number of carboxylic acid groups (broad SMARTS) is 1. The summed E-state index contributed by atoms with van der Waals surface area (Å²) in [5, 5.41) is 12.2. The van der Waals surface area contributed by atoms with E-state index in [1.165, 1.54) is 0 Å². The molecule has 0 saturated carbocycles. The topological polar surface area (TPSA) is 49.3 Å². The lowest BCUT2D eigenvalue weighted by Gasteiger charge is -2.10. The number of aromatic carboxylic acids is 1. The van der Waals surface area contributed by atoms with E-state index in [9.17, 15) is 4.79 Å². The van der Waals surface area contributed by atoms with Gasteiger partial charge in [0.1, 0.15) is 0 Å². The molecule has 2 rings (SSSR count). The van der Waals surface area contributed by atoms with Gasteiger partial charge in [-0.25, -0.2) is 4.79 Å². The molecule has 0 fully saturated rings. The minimum Gasteiger partial charge on any atom is -0.478 e. The van der Waals surface area contributed by atoms with Gasteiger partial charge < -0.3 is 10.4 Å². The highest BCUT2D eigenvalue weighted by atomic mass is 127. The molecular weight excluding hydrogens is 341 g/mol. The van der Waals surface area contributed by atoms with Crippen molar-refractivity contribution in [3.8, 4) is 0 Å². The summed E-state index contributed by atoms with van der Waals surface area (Å²) in [5.74, 6) is -0.916. The number of anilines is 2. The van der Waals surface area contributed by atoms with Crippen molar-refractivity contribution in [3.63, 3.8) is 0 Å². The normalized spacial score (nSPS) is 10.1. The molecule has 0 atom stereocenters. The average molecular weight is 353 g/mol. The predicted octanol–water partition coefficient (Wildman–Crippen LogP) is 4.04. The van der Waals surface area contributed by atoms with Crippen LogP contribution in [0.2, 0.25) is 0 Å². The van der Waals surface area contributed by atoms with Gasteiger partial charge in [-0.15, -0.1) is 0 Å². The molecule has 18 heavy (non-hydrogen) atoms. The monoisotopic (exact) mass is 353 g/mol. The van der Waals surface area contributed by atoms with E-state index in [0.29, 0.717) is 0 Å². The highest BCUT2D eigenvalue weighted by Crippen LogP contribution is 2.22. The highest BCUT2D eigenvalue weighted by molar-refractivity contribution is 14.1. The summed E-state index contributed by atoms with van der Waals surface area (Å²) in [5.41, 5.74) is 3.06. The summed E-state index contributed by atoms with van der Waals surface area (Å²) < 4.78 is 1.16. The van der Waals surface area contributed by atoms with Gasteiger partial charge in [0, 0.05) is 14.9 Å². The minimum atomic E-state index is -0.916. The molecule has 0 radical (unpaired) electrons. The van der Waals surface area contributed by atoms with Crippen molar-refractivity contribution in [3.05, 3.63) is 57.2 Å². The van der Waals surface area contributed by atoms with E-state index in [-0.39, 0.29) is 5.56 Å². The molecule has 3 nitrogen and oxygen atoms in total. The molecule has 0 aromatic heterocycles. The van der Waals surface area contributed by atoms with Crippen LogP contribution in [0.3, 0.4) is 0 Å². The third-order valence-corrected chi connectivity index (χ3v) is 3.33. The van der Waals surface area contributed by atoms with Crippen LogP contribution in [0.15, 0.2) is 42.5 Å². The Hall–Kier alpha value is -1.56. The first-order valence-corrected chi connectivity index (χ1v) is 6.50. The molecule has 4 heteroatoms. The van der Waals surface area contributed by atoms with Crippen LogP contribution < -0.4 is 5.32 Å². The van der Waals surface area contributed by atoms with Gasteiger partial charge in [0.05, 0.1) is 5.56 Å². The third-order valence-electron chi connectivity index (χ3n) is 2.61. The van der Waals surface area contributed by atoms with E-state index in [1.807, 2.05) is 31.2 Å². The lowest BCUT2D eigenvalue weighted by molar-refractivity contribution is 0.0697. The summed E-state index contributed by atoms with van der Waals surface area (Å²) in [4.78, 5) is 10.9. The summed E-state index contributed by atoms with van der Waals surface area (Å²) in [6, 6.07) is 13.0. The van der Waals surface area contributed by atoms with Crippen molar-refractivity contribution in [1.29, 1.82) is 0 Å².